The van der Waals surface area contributed by atoms with Crippen LogP contribution < -0.4 is 0 Å². The van der Waals surface area contributed by atoms with Gasteiger partial charge >= 0.3 is 0 Å². The van der Waals surface area contributed by atoms with Gasteiger partial charge in [0, 0.05) is 6.04 Å². The Morgan fingerprint density at radius 2 is 2.33 bits per heavy atom. The van der Waals surface area contributed by atoms with Gasteiger partial charge in [0.2, 0.25) is 0 Å². The average Bonchev–Trinajstić information content (AvgIpc) is 2.09. The van der Waals surface area contributed by atoms with Crippen molar-refractivity contribution in [3.8, 4) is 6.07 Å². The van der Waals surface area contributed by atoms with Crippen molar-refractivity contribution in [2.24, 2.45) is 0 Å². The van der Waals surface area contributed by atoms with E-state index in [0.29, 0.717) is 12.6 Å². The summed E-state index contributed by atoms with van der Waals surface area (Å²) in [6.45, 7) is 3.99. The molecular weight excluding hydrogens is 148 g/mol. The van der Waals surface area contributed by atoms with E-state index in [9.17, 15) is 0 Å². The maximum absolute atomic E-state index is 8.61. The molecule has 0 saturated carbocycles. The first-order valence-corrected chi connectivity index (χ1v) is 4.99. The largest absolute Gasteiger partial charge is 0.288 e. The average molecular weight is 166 g/mol. The summed E-state index contributed by atoms with van der Waals surface area (Å²) in [4.78, 5) is 2.34. The molecule has 0 aromatic rings. The Morgan fingerprint density at radius 1 is 1.50 bits per heavy atom. The predicted octanol–water partition coefficient (Wildman–Crippen LogP) is 2.16. The molecule has 0 aromatic carbocycles. The van der Waals surface area contributed by atoms with Crippen molar-refractivity contribution in [3.63, 3.8) is 0 Å². The molecule has 12 heavy (non-hydrogen) atoms. The quantitative estimate of drug-likeness (QED) is 0.601. The van der Waals surface area contributed by atoms with Crippen LogP contribution in [0.4, 0.5) is 0 Å². The van der Waals surface area contributed by atoms with Crippen LogP contribution in [-0.2, 0) is 0 Å². The van der Waals surface area contributed by atoms with E-state index in [2.05, 4.69) is 17.9 Å². The second-order valence-electron chi connectivity index (χ2n) is 3.57. The lowest BCUT2D eigenvalue weighted by atomic mass is 9.98. The number of piperidine rings is 1. The fourth-order valence-corrected chi connectivity index (χ4v) is 2.02. The van der Waals surface area contributed by atoms with Crippen molar-refractivity contribution in [1.29, 1.82) is 5.26 Å². The van der Waals surface area contributed by atoms with Crippen LogP contribution in [0.5, 0.6) is 0 Å². The normalized spacial score (nSPS) is 25.2. The van der Waals surface area contributed by atoms with Gasteiger partial charge in [-0.1, -0.05) is 19.8 Å². The van der Waals surface area contributed by atoms with E-state index in [1.165, 1.54) is 32.1 Å². The maximum atomic E-state index is 8.61. The van der Waals surface area contributed by atoms with Gasteiger partial charge in [-0.25, -0.2) is 0 Å². The first kappa shape index (κ1) is 9.54. The van der Waals surface area contributed by atoms with Gasteiger partial charge in [0.15, 0.2) is 0 Å². The van der Waals surface area contributed by atoms with Gasteiger partial charge in [-0.05, 0) is 25.8 Å². The molecule has 1 saturated heterocycles. The standard InChI is InChI=1S/C10H18N2/c1-2-5-10-6-3-4-8-12(10)9-7-11/h10H,2-6,8-9H2,1H3. The Kier molecular flexibility index (Phi) is 4.10. The molecule has 2 nitrogen and oxygen atoms in total. The highest BCUT2D eigenvalue weighted by molar-refractivity contribution is 4.84. The Balaban J connectivity index is 2.38. The monoisotopic (exact) mass is 166 g/mol. The van der Waals surface area contributed by atoms with Crippen LogP contribution in [0.15, 0.2) is 0 Å². The summed E-state index contributed by atoms with van der Waals surface area (Å²) in [5.74, 6) is 0. The summed E-state index contributed by atoms with van der Waals surface area (Å²) in [5.41, 5.74) is 0. The molecule has 1 rings (SSSR count). The molecule has 0 aliphatic carbocycles. The van der Waals surface area contributed by atoms with Crippen molar-refractivity contribution in [3.05, 3.63) is 0 Å². The second kappa shape index (κ2) is 5.16. The van der Waals surface area contributed by atoms with E-state index in [4.69, 9.17) is 5.26 Å². The minimum absolute atomic E-state index is 0.630. The van der Waals surface area contributed by atoms with Gasteiger partial charge in [0.1, 0.15) is 0 Å². The highest BCUT2D eigenvalue weighted by Gasteiger charge is 2.20. The Morgan fingerprint density at radius 3 is 3.00 bits per heavy atom. The van der Waals surface area contributed by atoms with Crippen molar-refractivity contribution in [1.82, 2.24) is 4.90 Å². The number of rotatable bonds is 3. The topological polar surface area (TPSA) is 27.0 Å². The number of hydrogen-bond acceptors (Lipinski definition) is 2. The third kappa shape index (κ3) is 2.49. The number of nitrogens with zero attached hydrogens (tertiary/aromatic N) is 2. The van der Waals surface area contributed by atoms with Gasteiger partial charge in [0.25, 0.3) is 0 Å². The molecule has 0 N–H and O–H groups in total. The van der Waals surface area contributed by atoms with E-state index >= 15 is 0 Å². The van der Waals surface area contributed by atoms with Crippen molar-refractivity contribution in [2.45, 2.75) is 45.1 Å². The summed E-state index contributed by atoms with van der Waals surface area (Å²) in [5, 5.41) is 8.61. The van der Waals surface area contributed by atoms with Crippen LogP contribution in [0, 0.1) is 11.3 Å². The Hall–Kier alpha value is -0.550. The summed E-state index contributed by atoms with van der Waals surface area (Å²) in [6.07, 6.45) is 6.44. The molecule has 1 heterocycles. The van der Waals surface area contributed by atoms with Gasteiger partial charge < -0.3 is 0 Å². The first-order chi connectivity index (χ1) is 5.88. The number of nitriles is 1. The lowest BCUT2D eigenvalue weighted by Gasteiger charge is -2.33. The lowest BCUT2D eigenvalue weighted by Crippen LogP contribution is -2.39. The summed E-state index contributed by atoms with van der Waals surface area (Å²) >= 11 is 0. The molecule has 1 aliphatic heterocycles. The lowest BCUT2D eigenvalue weighted by molar-refractivity contribution is 0.158. The zero-order chi connectivity index (χ0) is 8.81. The minimum Gasteiger partial charge on any atom is -0.288 e. The van der Waals surface area contributed by atoms with E-state index in [1.54, 1.807) is 0 Å². The molecule has 1 unspecified atom stereocenters. The molecule has 0 radical (unpaired) electrons. The minimum atomic E-state index is 0.630. The number of hydrogen-bond donors (Lipinski definition) is 0. The molecule has 68 valence electrons. The van der Waals surface area contributed by atoms with E-state index in [-0.39, 0.29) is 0 Å². The van der Waals surface area contributed by atoms with Crippen LogP contribution in [-0.4, -0.2) is 24.0 Å². The van der Waals surface area contributed by atoms with Crippen molar-refractivity contribution in [2.75, 3.05) is 13.1 Å². The zero-order valence-electron chi connectivity index (χ0n) is 7.92. The van der Waals surface area contributed by atoms with Crippen LogP contribution in [0.1, 0.15) is 39.0 Å². The molecule has 0 amide bonds. The second-order valence-corrected chi connectivity index (χ2v) is 3.57. The molecular formula is C10H18N2. The van der Waals surface area contributed by atoms with Gasteiger partial charge in [-0.15, -0.1) is 0 Å². The van der Waals surface area contributed by atoms with Crippen LogP contribution >= 0.6 is 0 Å². The van der Waals surface area contributed by atoms with Crippen molar-refractivity contribution >= 4 is 0 Å². The Labute approximate surface area is 75.2 Å². The number of likely N-dealkylation sites (tertiary alicyclic amines) is 1. The molecule has 0 aromatic heterocycles. The molecule has 1 atom stereocenters. The zero-order valence-corrected chi connectivity index (χ0v) is 7.92. The highest BCUT2D eigenvalue weighted by Crippen LogP contribution is 2.19. The summed E-state index contributed by atoms with van der Waals surface area (Å²) in [6, 6.07) is 2.95. The van der Waals surface area contributed by atoms with Gasteiger partial charge in [-0.2, -0.15) is 5.26 Å². The van der Waals surface area contributed by atoms with E-state index in [1.807, 2.05) is 0 Å². The van der Waals surface area contributed by atoms with Crippen LogP contribution in [0.25, 0.3) is 0 Å². The highest BCUT2D eigenvalue weighted by atomic mass is 15.2. The molecule has 0 spiro atoms. The van der Waals surface area contributed by atoms with Crippen LogP contribution in [0.3, 0.4) is 0 Å². The Bertz CT molecular complexity index is 158. The maximum Gasteiger partial charge on any atom is 0.0868 e. The molecule has 1 fully saturated rings. The third-order valence-electron chi connectivity index (χ3n) is 2.64. The van der Waals surface area contributed by atoms with Crippen molar-refractivity contribution < 1.29 is 0 Å². The summed E-state index contributed by atoms with van der Waals surface area (Å²) in [7, 11) is 0. The molecule has 2 heteroatoms. The predicted molar refractivity (Wildman–Crippen MR) is 49.7 cm³/mol. The van der Waals surface area contributed by atoms with Gasteiger partial charge in [-0.3, -0.25) is 4.90 Å². The molecule has 1 aliphatic rings. The smallest absolute Gasteiger partial charge is 0.0868 e. The fraction of sp³-hybridized carbons (Fsp3) is 0.900. The first-order valence-electron chi connectivity index (χ1n) is 4.99. The van der Waals surface area contributed by atoms with Crippen LogP contribution in [0.2, 0.25) is 0 Å². The van der Waals surface area contributed by atoms with Gasteiger partial charge in [0.05, 0.1) is 12.6 Å². The third-order valence-corrected chi connectivity index (χ3v) is 2.64. The fourth-order valence-electron chi connectivity index (χ4n) is 2.02. The molecule has 0 bridgehead atoms. The summed E-state index contributed by atoms with van der Waals surface area (Å²) < 4.78 is 0. The SMILES string of the molecule is CCCC1CCCCN1CC#N. The van der Waals surface area contributed by atoms with E-state index in [0.717, 1.165) is 6.54 Å². The van der Waals surface area contributed by atoms with E-state index < -0.39 is 0 Å².